The Morgan fingerprint density at radius 2 is 2.20 bits per heavy atom. The molecule has 104 valence electrons. The first-order chi connectivity index (χ1) is 9.63. The third-order valence-electron chi connectivity index (χ3n) is 2.99. The van der Waals surface area contributed by atoms with Crippen molar-refractivity contribution in [1.29, 1.82) is 0 Å². The average molecular weight is 289 g/mol. The van der Waals surface area contributed by atoms with Crippen molar-refractivity contribution in [1.82, 2.24) is 29.6 Å². The topological polar surface area (TPSA) is 85.8 Å². The molecule has 0 amide bonds. The monoisotopic (exact) mass is 289 g/mol. The van der Waals surface area contributed by atoms with Crippen LogP contribution >= 0.6 is 11.3 Å². The van der Waals surface area contributed by atoms with Crippen LogP contribution in [0.25, 0.3) is 11.0 Å². The molecule has 0 saturated carbocycles. The number of aromatic nitrogens is 5. The first-order valence-corrected chi connectivity index (χ1v) is 7.07. The van der Waals surface area contributed by atoms with Crippen molar-refractivity contribution in [3.8, 4) is 0 Å². The van der Waals surface area contributed by atoms with Gasteiger partial charge in [-0.05, 0) is 7.05 Å². The quantitative estimate of drug-likeness (QED) is 0.772. The number of hydrogen-bond acceptors (Lipinski definition) is 7. The van der Waals surface area contributed by atoms with E-state index >= 15 is 0 Å². The third-order valence-corrected chi connectivity index (χ3v) is 3.63. The van der Waals surface area contributed by atoms with Gasteiger partial charge < -0.3 is 5.73 Å². The first-order valence-electron chi connectivity index (χ1n) is 6.13. The van der Waals surface area contributed by atoms with Gasteiger partial charge in [0.25, 0.3) is 0 Å². The summed E-state index contributed by atoms with van der Waals surface area (Å²) in [5.41, 5.74) is 9.59. The van der Waals surface area contributed by atoms with E-state index in [2.05, 4.69) is 25.0 Å². The van der Waals surface area contributed by atoms with Gasteiger partial charge >= 0.3 is 0 Å². The molecule has 0 unspecified atom stereocenters. The minimum atomic E-state index is 0.472. The van der Waals surface area contributed by atoms with Gasteiger partial charge in [-0.1, -0.05) is 0 Å². The number of rotatable bonds is 4. The summed E-state index contributed by atoms with van der Waals surface area (Å²) < 4.78 is 1.71. The molecule has 2 N–H and O–H groups in total. The zero-order valence-corrected chi connectivity index (χ0v) is 12.1. The lowest BCUT2D eigenvalue weighted by Crippen LogP contribution is -2.19. The van der Waals surface area contributed by atoms with Crippen molar-refractivity contribution in [2.75, 3.05) is 12.8 Å². The standard InChI is InChI=1S/C12H15N7S/c1-18(4-8-6-20-7-14-8)5-10-16-11(13)9-3-15-19(2)12(9)17-10/h3,6-7H,4-5H2,1-2H3,(H2,13,16,17). The van der Waals surface area contributed by atoms with E-state index in [-0.39, 0.29) is 0 Å². The second-order valence-corrected chi connectivity index (χ2v) is 5.40. The highest BCUT2D eigenvalue weighted by Crippen LogP contribution is 2.17. The summed E-state index contributed by atoms with van der Waals surface area (Å²) in [4.78, 5) is 15.2. The van der Waals surface area contributed by atoms with Gasteiger partial charge in [-0.25, -0.2) is 15.0 Å². The van der Waals surface area contributed by atoms with E-state index < -0.39 is 0 Å². The Kier molecular flexibility index (Phi) is 3.33. The molecule has 0 aromatic carbocycles. The summed E-state index contributed by atoms with van der Waals surface area (Å²) in [6.45, 7) is 1.37. The smallest absolute Gasteiger partial charge is 0.163 e. The fourth-order valence-corrected chi connectivity index (χ4v) is 2.60. The Morgan fingerprint density at radius 3 is 2.95 bits per heavy atom. The van der Waals surface area contributed by atoms with Crippen molar-refractivity contribution in [2.45, 2.75) is 13.1 Å². The molecule has 0 bridgehead atoms. The zero-order valence-electron chi connectivity index (χ0n) is 11.3. The van der Waals surface area contributed by atoms with Crippen molar-refractivity contribution >= 4 is 28.2 Å². The Morgan fingerprint density at radius 1 is 1.35 bits per heavy atom. The number of nitrogens with zero attached hydrogens (tertiary/aromatic N) is 6. The van der Waals surface area contributed by atoms with E-state index in [9.17, 15) is 0 Å². The highest BCUT2D eigenvalue weighted by Gasteiger charge is 2.11. The molecule has 0 radical (unpaired) electrons. The molecule has 0 saturated heterocycles. The van der Waals surface area contributed by atoms with Crippen LogP contribution in [0.2, 0.25) is 0 Å². The van der Waals surface area contributed by atoms with Crippen LogP contribution in [0, 0.1) is 0 Å². The Bertz CT molecular complexity index is 719. The van der Waals surface area contributed by atoms with Gasteiger partial charge in [-0.15, -0.1) is 11.3 Å². The Balaban J connectivity index is 1.81. The molecule has 0 spiro atoms. The number of nitrogens with two attached hydrogens (primary N) is 1. The molecule has 3 rings (SSSR count). The van der Waals surface area contributed by atoms with E-state index in [1.54, 1.807) is 22.2 Å². The van der Waals surface area contributed by atoms with Gasteiger partial charge in [-0.2, -0.15) is 5.10 Å². The minimum absolute atomic E-state index is 0.472. The summed E-state index contributed by atoms with van der Waals surface area (Å²) in [6.07, 6.45) is 1.69. The van der Waals surface area contributed by atoms with Crippen LogP contribution < -0.4 is 5.73 Å². The summed E-state index contributed by atoms with van der Waals surface area (Å²) >= 11 is 1.59. The fourth-order valence-electron chi connectivity index (χ4n) is 2.05. The molecule has 3 aromatic heterocycles. The van der Waals surface area contributed by atoms with Crippen LogP contribution in [0.1, 0.15) is 11.5 Å². The number of thiazole rings is 1. The van der Waals surface area contributed by atoms with Crippen molar-refractivity contribution in [3.05, 3.63) is 28.6 Å². The van der Waals surface area contributed by atoms with Gasteiger partial charge in [0.2, 0.25) is 0 Å². The SMILES string of the molecule is CN(Cc1cscn1)Cc1nc(N)c2cnn(C)c2n1. The molecule has 0 aliphatic rings. The number of aryl methyl sites for hydroxylation is 1. The molecule has 3 heterocycles. The third kappa shape index (κ3) is 2.47. The van der Waals surface area contributed by atoms with Gasteiger partial charge in [0.15, 0.2) is 5.65 Å². The minimum Gasteiger partial charge on any atom is -0.383 e. The lowest BCUT2D eigenvalue weighted by atomic mass is 10.3. The van der Waals surface area contributed by atoms with Gasteiger partial charge in [0.1, 0.15) is 11.6 Å². The largest absolute Gasteiger partial charge is 0.383 e. The van der Waals surface area contributed by atoms with E-state index in [0.717, 1.165) is 23.3 Å². The first kappa shape index (κ1) is 12.9. The maximum absolute atomic E-state index is 5.95. The molecule has 0 aliphatic heterocycles. The summed E-state index contributed by atoms with van der Waals surface area (Å²) in [6, 6.07) is 0. The van der Waals surface area contributed by atoms with Crippen LogP contribution in [0.3, 0.4) is 0 Å². The summed E-state index contributed by atoms with van der Waals surface area (Å²) in [7, 11) is 3.85. The summed E-state index contributed by atoms with van der Waals surface area (Å²) in [5.74, 6) is 1.16. The predicted octanol–water partition coefficient (Wildman–Crippen LogP) is 1.03. The zero-order chi connectivity index (χ0) is 14.1. The molecule has 20 heavy (non-hydrogen) atoms. The number of anilines is 1. The number of fused-ring (bicyclic) bond motifs is 1. The molecule has 3 aromatic rings. The second-order valence-electron chi connectivity index (χ2n) is 4.68. The number of hydrogen-bond donors (Lipinski definition) is 1. The van der Waals surface area contributed by atoms with E-state index in [1.165, 1.54) is 0 Å². The molecule has 0 aliphatic carbocycles. The second kappa shape index (κ2) is 5.14. The van der Waals surface area contributed by atoms with Crippen LogP contribution in [0.15, 0.2) is 17.1 Å². The highest BCUT2D eigenvalue weighted by molar-refractivity contribution is 7.07. The van der Waals surface area contributed by atoms with Crippen molar-refractivity contribution in [3.63, 3.8) is 0 Å². The van der Waals surface area contributed by atoms with Crippen LogP contribution in [-0.4, -0.2) is 36.7 Å². The van der Waals surface area contributed by atoms with Crippen LogP contribution in [0.4, 0.5) is 5.82 Å². The molecule has 0 fully saturated rings. The fraction of sp³-hybridized carbons (Fsp3) is 0.333. The Labute approximate surface area is 120 Å². The molecule has 0 atom stereocenters. The van der Waals surface area contributed by atoms with E-state index in [1.807, 2.05) is 25.0 Å². The maximum atomic E-state index is 5.95. The summed E-state index contributed by atoms with van der Waals surface area (Å²) in [5, 5.41) is 6.98. The Hall–Kier alpha value is -2.06. The van der Waals surface area contributed by atoms with Crippen molar-refractivity contribution in [2.24, 2.45) is 7.05 Å². The highest BCUT2D eigenvalue weighted by atomic mass is 32.1. The number of nitrogen functional groups attached to an aromatic ring is 1. The van der Waals surface area contributed by atoms with E-state index in [4.69, 9.17) is 5.73 Å². The molecule has 7 nitrogen and oxygen atoms in total. The van der Waals surface area contributed by atoms with Crippen LogP contribution in [0.5, 0.6) is 0 Å². The van der Waals surface area contributed by atoms with Gasteiger partial charge in [0, 0.05) is 19.0 Å². The maximum Gasteiger partial charge on any atom is 0.163 e. The van der Waals surface area contributed by atoms with Gasteiger partial charge in [0.05, 0.1) is 29.3 Å². The van der Waals surface area contributed by atoms with E-state index in [0.29, 0.717) is 18.2 Å². The predicted molar refractivity (Wildman–Crippen MR) is 78.0 cm³/mol. The normalized spacial score (nSPS) is 11.6. The van der Waals surface area contributed by atoms with Crippen LogP contribution in [-0.2, 0) is 20.1 Å². The van der Waals surface area contributed by atoms with Crippen molar-refractivity contribution < 1.29 is 0 Å². The average Bonchev–Trinajstić information content (AvgIpc) is 3.00. The molecule has 8 heteroatoms. The molecular weight excluding hydrogens is 274 g/mol. The lowest BCUT2D eigenvalue weighted by molar-refractivity contribution is 0.308. The van der Waals surface area contributed by atoms with Gasteiger partial charge in [-0.3, -0.25) is 9.58 Å². The lowest BCUT2D eigenvalue weighted by Gasteiger charge is -2.14. The molecular formula is C12H15N7S.